The van der Waals surface area contributed by atoms with Crippen molar-refractivity contribution in [3.05, 3.63) is 70.4 Å². The number of hydrogen-bond acceptors (Lipinski definition) is 5. The first-order valence-corrected chi connectivity index (χ1v) is 10.5. The van der Waals surface area contributed by atoms with Gasteiger partial charge in [-0.1, -0.05) is 48.5 Å². The molecule has 0 saturated carbocycles. The summed E-state index contributed by atoms with van der Waals surface area (Å²) in [7, 11) is 0. The van der Waals surface area contributed by atoms with Crippen molar-refractivity contribution in [1.82, 2.24) is 15.2 Å². The van der Waals surface area contributed by atoms with E-state index in [1.165, 1.54) is 5.01 Å². The Hall–Kier alpha value is -3.52. The van der Waals surface area contributed by atoms with Gasteiger partial charge < -0.3 is 5.32 Å². The summed E-state index contributed by atoms with van der Waals surface area (Å²) in [5.41, 5.74) is 1.80. The van der Waals surface area contributed by atoms with E-state index in [4.69, 9.17) is 0 Å². The molecule has 7 nitrogen and oxygen atoms in total. The number of hydrogen-bond donors (Lipinski definition) is 1. The Balaban J connectivity index is 1.51. The van der Waals surface area contributed by atoms with E-state index in [0.717, 1.165) is 31.8 Å². The second-order valence-corrected chi connectivity index (χ2v) is 8.16. The van der Waals surface area contributed by atoms with Crippen molar-refractivity contribution in [2.75, 3.05) is 13.1 Å². The van der Waals surface area contributed by atoms with E-state index in [0.29, 0.717) is 6.42 Å². The lowest BCUT2D eigenvalue weighted by Gasteiger charge is -2.22. The van der Waals surface area contributed by atoms with Crippen LogP contribution >= 0.6 is 11.3 Å². The van der Waals surface area contributed by atoms with Gasteiger partial charge in [0, 0.05) is 16.9 Å². The van der Waals surface area contributed by atoms with Crippen molar-refractivity contribution in [3.63, 3.8) is 0 Å². The van der Waals surface area contributed by atoms with Gasteiger partial charge in [-0.05, 0) is 22.2 Å². The SMILES string of the molecule is O=C1CNC(=O)N1CC(=O)N1N=C(c2cccc3ccccc23)CC1c1cccs1. The highest BCUT2D eigenvalue weighted by Gasteiger charge is 2.37. The van der Waals surface area contributed by atoms with Gasteiger partial charge in [0.05, 0.1) is 18.3 Å². The van der Waals surface area contributed by atoms with E-state index < -0.39 is 11.9 Å². The average Bonchev–Trinajstić information content (AvgIpc) is 3.50. The molecule has 2 aromatic carbocycles. The fourth-order valence-electron chi connectivity index (χ4n) is 3.91. The molecule has 1 aromatic heterocycles. The van der Waals surface area contributed by atoms with E-state index in [2.05, 4.69) is 10.4 Å². The summed E-state index contributed by atoms with van der Waals surface area (Å²) in [6, 6.07) is 17.2. The standard InChI is InChI=1S/C22H18N4O3S/c27-20-12-23-22(29)25(20)13-21(28)26-18(19-9-4-10-30-19)11-17(24-26)16-8-3-6-14-5-1-2-7-15(14)16/h1-10,18H,11-13H2,(H,23,29). The number of nitrogens with zero attached hydrogens (tertiary/aromatic N) is 3. The van der Waals surface area contributed by atoms with E-state index in [1.54, 1.807) is 11.3 Å². The van der Waals surface area contributed by atoms with Crippen LogP contribution in [0.15, 0.2) is 65.1 Å². The van der Waals surface area contributed by atoms with Crippen LogP contribution in [0, 0.1) is 0 Å². The molecular formula is C22H18N4O3S. The van der Waals surface area contributed by atoms with Gasteiger partial charge in [0.2, 0.25) is 0 Å². The number of urea groups is 1. The second kappa shape index (κ2) is 7.38. The lowest BCUT2D eigenvalue weighted by Crippen LogP contribution is -2.41. The van der Waals surface area contributed by atoms with Crippen molar-refractivity contribution >= 4 is 45.7 Å². The van der Waals surface area contributed by atoms with Gasteiger partial charge in [0.1, 0.15) is 6.54 Å². The molecule has 150 valence electrons. The summed E-state index contributed by atoms with van der Waals surface area (Å²) in [4.78, 5) is 38.8. The van der Waals surface area contributed by atoms with Crippen molar-refractivity contribution in [1.29, 1.82) is 0 Å². The quantitative estimate of drug-likeness (QED) is 0.661. The summed E-state index contributed by atoms with van der Waals surface area (Å²) >= 11 is 1.56. The second-order valence-electron chi connectivity index (χ2n) is 7.19. The van der Waals surface area contributed by atoms with Gasteiger partial charge in [0.25, 0.3) is 11.8 Å². The summed E-state index contributed by atoms with van der Waals surface area (Å²) in [6.45, 7) is -0.399. The fourth-order valence-corrected chi connectivity index (χ4v) is 4.72. The summed E-state index contributed by atoms with van der Waals surface area (Å²) in [6.07, 6.45) is 0.570. The molecule has 0 spiro atoms. The topological polar surface area (TPSA) is 82.1 Å². The number of amides is 4. The minimum Gasteiger partial charge on any atom is -0.329 e. The minimum absolute atomic E-state index is 0.0784. The zero-order valence-corrected chi connectivity index (χ0v) is 16.8. The van der Waals surface area contributed by atoms with Gasteiger partial charge in [-0.25, -0.2) is 9.80 Å². The van der Waals surface area contributed by atoms with Crippen LogP contribution in [0.4, 0.5) is 4.79 Å². The summed E-state index contributed by atoms with van der Waals surface area (Å²) in [5, 5.41) is 12.7. The summed E-state index contributed by atoms with van der Waals surface area (Å²) < 4.78 is 0. The maximum Gasteiger partial charge on any atom is 0.325 e. The molecule has 5 rings (SSSR count). The minimum atomic E-state index is -0.543. The highest BCUT2D eigenvalue weighted by atomic mass is 32.1. The number of fused-ring (bicyclic) bond motifs is 1. The van der Waals surface area contributed by atoms with Crippen molar-refractivity contribution < 1.29 is 14.4 Å². The zero-order valence-electron chi connectivity index (χ0n) is 15.9. The third-order valence-corrected chi connectivity index (χ3v) is 6.34. The average molecular weight is 418 g/mol. The van der Waals surface area contributed by atoms with Crippen molar-refractivity contribution in [2.45, 2.75) is 12.5 Å². The van der Waals surface area contributed by atoms with Crippen LogP contribution in [0.5, 0.6) is 0 Å². The number of rotatable bonds is 4. The van der Waals surface area contributed by atoms with Crippen molar-refractivity contribution in [2.24, 2.45) is 5.10 Å². The van der Waals surface area contributed by atoms with Crippen LogP contribution in [0.25, 0.3) is 10.8 Å². The first-order valence-electron chi connectivity index (χ1n) is 9.61. The molecular weight excluding hydrogens is 400 g/mol. The maximum atomic E-state index is 13.1. The molecule has 1 unspecified atom stereocenters. The van der Waals surface area contributed by atoms with Crippen LogP contribution in [0.3, 0.4) is 0 Å². The fraction of sp³-hybridized carbons (Fsp3) is 0.182. The normalized spacial score (nSPS) is 18.8. The maximum absolute atomic E-state index is 13.1. The number of thiophene rings is 1. The molecule has 3 aromatic rings. The van der Waals surface area contributed by atoms with Crippen molar-refractivity contribution in [3.8, 4) is 0 Å². The smallest absolute Gasteiger partial charge is 0.325 e. The molecule has 1 saturated heterocycles. The van der Waals surface area contributed by atoms with Crippen LogP contribution in [0.2, 0.25) is 0 Å². The molecule has 2 aliphatic heterocycles. The molecule has 30 heavy (non-hydrogen) atoms. The lowest BCUT2D eigenvalue weighted by atomic mass is 9.97. The molecule has 1 N–H and O–H groups in total. The number of imide groups is 1. The van der Waals surface area contributed by atoms with Gasteiger partial charge >= 0.3 is 6.03 Å². The van der Waals surface area contributed by atoms with E-state index >= 15 is 0 Å². The largest absolute Gasteiger partial charge is 0.329 e. The van der Waals surface area contributed by atoms with E-state index in [-0.39, 0.29) is 25.0 Å². The van der Waals surface area contributed by atoms with Gasteiger partial charge in [-0.3, -0.25) is 14.5 Å². The van der Waals surface area contributed by atoms with E-state index in [9.17, 15) is 14.4 Å². The zero-order chi connectivity index (χ0) is 20.7. The van der Waals surface area contributed by atoms with Crippen LogP contribution in [-0.2, 0) is 9.59 Å². The van der Waals surface area contributed by atoms with Crippen LogP contribution < -0.4 is 5.32 Å². The third kappa shape index (κ3) is 3.15. The van der Waals surface area contributed by atoms with Crippen LogP contribution in [0.1, 0.15) is 22.9 Å². The molecule has 0 bridgehead atoms. The number of carbonyl (C=O) groups excluding carboxylic acids is 3. The van der Waals surface area contributed by atoms with Crippen LogP contribution in [-0.4, -0.2) is 46.6 Å². The Morgan fingerprint density at radius 2 is 1.93 bits per heavy atom. The Kier molecular flexibility index (Phi) is 4.55. The molecule has 3 heterocycles. The van der Waals surface area contributed by atoms with E-state index in [1.807, 2.05) is 60.0 Å². The molecule has 8 heteroatoms. The van der Waals surface area contributed by atoms with Gasteiger partial charge in [-0.15, -0.1) is 11.3 Å². The monoisotopic (exact) mass is 418 g/mol. The Morgan fingerprint density at radius 1 is 1.10 bits per heavy atom. The number of carbonyl (C=O) groups is 3. The number of benzene rings is 2. The highest BCUT2D eigenvalue weighted by molar-refractivity contribution is 7.10. The molecule has 1 atom stereocenters. The van der Waals surface area contributed by atoms with Gasteiger partial charge in [0.15, 0.2) is 0 Å². The molecule has 2 aliphatic rings. The highest BCUT2D eigenvalue weighted by Crippen LogP contribution is 2.36. The molecule has 0 radical (unpaired) electrons. The third-order valence-electron chi connectivity index (χ3n) is 5.37. The Morgan fingerprint density at radius 3 is 2.70 bits per heavy atom. The first-order chi connectivity index (χ1) is 14.6. The molecule has 4 amide bonds. The Labute approximate surface area is 176 Å². The predicted octanol–water partition coefficient (Wildman–Crippen LogP) is 3.13. The predicted molar refractivity (Wildman–Crippen MR) is 114 cm³/mol. The van der Waals surface area contributed by atoms with Gasteiger partial charge in [-0.2, -0.15) is 5.10 Å². The number of hydrazone groups is 1. The Bertz CT molecular complexity index is 1170. The molecule has 1 fully saturated rings. The first kappa shape index (κ1) is 18.5. The summed E-state index contributed by atoms with van der Waals surface area (Å²) in [5.74, 6) is -0.785. The molecule has 0 aliphatic carbocycles. The lowest BCUT2D eigenvalue weighted by molar-refractivity contribution is -0.137. The number of nitrogens with one attached hydrogen (secondary N) is 1.